The van der Waals surface area contributed by atoms with Gasteiger partial charge in [-0.05, 0) is 19.1 Å². The minimum atomic E-state index is -0.154. The number of aryl methyl sites for hydroxylation is 1. The van der Waals surface area contributed by atoms with Crippen LogP contribution in [0.5, 0.6) is 0 Å². The molecule has 6 heteroatoms. The Kier molecular flexibility index (Phi) is 2.49. The highest BCUT2D eigenvalue weighted by Crippen LogP contribution is 2.21. The lowest BCUT2D eigenvalue weighted by Crippen LogP contribution is -2.15. The molecule has 0 atom stereocenters. The molecular formula is C13H13N5O. The Morgan fingerprint density at radius 1 is 1.32 bits per heavy atom. The predicted molar refractivity (Wildman–Crippen MR) is 73.1 cm³/mol. The van der Waals surface area contributed by atoms with Crippen LogP contribution in [-0.2, 0) is 0 Å². The number of hydrogen-bond acceptors (Lipinski definition) is 3. The number of benzene rings is 1. The molecule has 0 bridgehead atoms. The van der Waals surface area contributed by atoms with Crippen molar-refractivity contribution >= 4 is 5.82 Å². The van der Waals surface area contributed by atoms with Crippen molar-refractivity contribution in [2.45, 2.75) is 6.92 Å². The Hall–Kier alpha value is -2.76. The third-order valence-electron chi connectivity index (χ3n) is 2.97. The molecule has 1 aromatic carbocycles. The number of nitrogens with two attached hydrogens (primary N) is 1. The van der Waals surface area contributed by atoms with Crippen molar-refractivity contribution in [3.05, 3.63) is 52.7 Å². The van der Waals surface area contributed by atoms with Gasteiger partial charge >= 0.3 is 5.69 Å². The molecular weight excluding hydrogens is 242 g/mol. The Morgan fingerprint density at radius 3 is 2.79 bits per heavy atom. The van der Waals surface area contributed by atoms with Crippen molar-refractivity contribution in [3.63, 3.8) is 0 Å². The molecule has 2 aromatic heterocycles. The topological polar surface area (TPSA) is 92.5 Å². The minimum absolute atomic E-state index is 0.154. The van der Waals surface area contributed by atoms with Crippen LogP contribution >= 0.6 is 0 Å². The number of imidazole rings is 1. The molecule has 0 unspecified atom stereocenters. The molecule has 0 fully saturated rings. The molecule has 19 heavy (non-hydrogen) atoms. The van der Waals surface area contributed by atoms with Crippen molar-refractivity contribution < 1.29 is 0 Å². The molecule has 0 aliphatic rings. The number of rotatable bonds is 2. The van der Waals surface area contributed by atoms with E-state index in [1.165, 1.54) is 0 Å². The van der Waals surface area contributed by atoms with Gasteiger partial charge in [0, 0.05) is 23.5 Å². The fourth-order valence-corrected chi connectivity index (χ4v) is 2.07. The van der Waals surface area contributed by atoms with E-state index in [0.29, 0.717) is 5.82 Å². The van der Waals surface area contributed by atoms with Crippen LogP contribution in [0.4, 0.5) is 5.82 Å². The van der Waals surface area contributed by atoms with Gasteiger partial charge in [0.15, 0.2) is 0 Å². The van der Waals surface area contributed by atoms with Crippen molar-refractivity contribution in [1.29, 1.82) is 0 Å². The normalized spacial score (nSPS) is 10.8. The lowest BCUT2D eigenvalue weighted by Gasteiger charge is -2.05. The number of nitrogens with zero attached hydrogens (tertiary/aromatic N) is 2. The van der Waals surface area contributed by atoms with E-state index < -0.39 is 0 Å². The zero-order chi connectivity index (χ0) is 13.4. The third-order valence-corrected chi connectivity index (χ3v) is 2.97. The van der Waals surface area contributed by atoms with Gasteiger partial charge in [0.1, 0.15) is 5.82 Å². The molecule has 0 spiro atoms. The first-order valence-corrected chi connectivity index (χ1v) is 5.84. The molecule has 3 rings (SSSR count). The number of anilines is 1. The quantitative estimate of drug-likeness (QED) is 0.647. The highest BCUT2D eigenvalue weighted by molar-refractivity contribution is 5.64. The lowest BCUT2D eigenvalue weighted by atomic mass is 10.1. The molecule has 0 aliphatic heterocycles. The van der Waals surface area contributed by atoms with E-state index in [1.54, 1.807) is 16.8 Å². The number of nitrogen functional groups attached to an aromatic ring is 1. The van der Waals surface area contributed by atoms with E-state index in [9.17, 15) is 4.79 Å². The fraction of sp³-hybridized carbons (Fsp3) is 0.0769. The summed E-state index contributed by atoms with van der Waals surface area (Å²) < 4.78 is 1.61. The maximum Gasteiger partial charge on any atom is 0.330 e. The zero-order valence-electron chi connectivity index (χ0n) is 10.3. The van der Waals surface area contributed by atoms with Crippen LogP contribution in [0.1, 0.15) is 5.69 Å². The summed E-state index contributed by atoms with van der Waals surface area (Å²) in [6, 6.07) is 9.37. The largest absolute Gasteiger partial charge is 0.382 e. The number of hydrogen-bond donors (Lipinski definition) is 3. The van der Waals surface area contributed by atoms with Gasteiger partial charge in [0.05, 0.1) is 11.4 Å². The average Bonchev–Trinajstić information content (AvgIpc) is 2.97. The Labute approximate surface area is 108 Å². The van der Waals surface area contributed by atoms with Crippen molar-refractivity contribution in [3.8, 4) is 16.9 Å². The minimum Gasteiger partial charge on any atom is -0.382 e. The van der Waals surface area contributed by atoms with E-state index in [1.807, 2.05) is 31.2 Å². The summed E-state index contributed by atoms with van der Waals surface area (Å²) in [6.45, 7) is 1.87. The van der Waals surface area contributed by atoms with Gasteiger partial charge in [0.25, 0.3) is 0 Å². The number of aromatic amines is 2. The molecule has 0 aliphatic carbocycles. The number of aromatic nitrogens is 4. The fourth-order valence-electron chi connectivity index (χ4n) is 2.07. The van der Waals surface area contributed by atoms with Gasteiger partial charge in [-0.25, -0.2) is 4.79 Å². The van der Waals surface area contributed by atoms with Crippen molar-refractivity contribution in [2.24, 2.45) is 0 Å². The van der Waals surface area contributed by atoms with Crippen LogP contribution in [0.3, 0.4) is 0 Å². The second kappa shape index (κ2) is 4.16. The van der Waals surface area contributed by atoms with Crippen molar-refractivity contribution in [1.82, 2.24) is 19.7 Å². The molecule has 96 valence electrons. The molecule has 4 N–H and O–H groups in total. The smallest absolute Gasteiger partial charge is 0.330 e. The van der Waals surface area contributed by atoms with Crippen LogP contribution < -0.4 is 11.4 Å². The summed E-state index contributed by atoms with van der Waals surface area (Å²) >= 11 is 0. The molecule has 3 aromatic rings. The van der Waals surface area contributed by atoms with Crippen LogP contribution in [0.2, 0.25) is 0 Å². The summed E-state index contributed by atoms with van der Waals surface area (Å²) in [6.07, 6.45) is 1.68. The summed E-state index contributed by atoms with van der Waals surface area (Å²) in [5.74, 6) is 0.440. The molecule has 6 nitrogen and oxygen atoms in total. The van der Waals surface area contributed by atoms with Gasteiger partial charge in [-0.15, -0.1) is 0 Å². The number of nitrogens with one attached hydrogen (secondary N) is 2. The van der Waals surface area contributed by atoms with Crippen molar-refractivity contribution in [2.75, 3.05) is 5.73 Å². The zero-order valence-corrected chi connectivity index (χ0v) is 10.3. The second-order valence-electron chi connectivity index (χ2n) is 4.33. The Balaban J connectivity index is 2.13. The summed E-state index contributed by atoms with van der Waals surface area (Å²) in [4.78, 5) is 14.4. The molecule has 0 saturated carbocycles. The van der Waals surface area contributed by atoms with Crippen LogP contribution in [0.25, 0.3) is 16.9 Å². The Morgan fingerprint density at radius 2 is 2.16 bits per heavy atom. The maximum absolute atomic E-state index is 11.8. The van der Waals surface area contributed by atoms with Crippen LogP contribution in [0, 0.1) is 6.92 Å². The van der Waals surface area contributed by atoms with Gasteiger partial charge in [0.2, 0.25) is 0 Å². The van der Waals surface area contributed by atoms with Crippen LogP contribution in [0.15, 0.2) is 41.3 Å². The predicted octanol–water partition coefficient (Wildman–Crippen LogP) is 1.45. The molecule has 2 heterocycles. The average molecular weight is 255 g/mol. The molecule has 0 saturated heterocycles. The molecule has 0 radical (unpaired) electrons. The van der Waals surface area contributed by atoms with Gasteiger partial charge in [-0.3, -0.25) is 9.67 Å². The van der Waals surface area contributed by atoms with E-state index in [0.717, 1.165) is 22.6 Å². The first kappa shape index (κ1) is 11.3. The molecule has 0 amide bonds. The van der Waals surface area contributed by atoms with E-state index in [2.05, 4.69) is 15.2 Å². The maximum atomic E-state index is 11.8. The van der Waals surface area contributed by atoms with E-state index in [-0.39, 0.29) is 5.69 Å². The Bertz CT molecular complexity index is 780. The van der Waals surface area contributed by atoms with E-state index >= 15 is 0 Å². The van der Waals surface area contributed by atoms with Gasteiger partial charge in [-0.2, -0.15) is 5.10 Å². The first-order chi connectivity index (χ1) is 9.15. The SMILES string of the molecule is Cc1c[nH]c(=O)n1-c1cccc(-c2cc(N)n[nH]2)c1. The first-order valence-electron chi connectivity index (χ1n) is 5.84. The highest BCUT2D eigenvalue weighted by atomic mass is 16.1. The van der Waals surface area contributed by atoms with Gasteiger partial charge < -0.3 is 10.7 Å². The highest BCUT2D eigenvalue weighted by Gasteiger charge is 2.07. The lowest BCUT2D eigenvalue weighted by molar-refractivity contribution is 0.949. The summed E-state index contributed by atoms with van der Waals surface area (Å²) in [5.41, 5.74) is 8.84. The summed E-state index contributed by atoms with van der Waals surface area (Å²) in [7, 11) is 0. The van der Waals surface area contributed by atoms with Gasteiger partial charge in [-0.1, -0.05) is 12.1 Å². The number of H-pyrrole nitrogens is 2. The standard InChI is InChI=1S/C13H13N5O/c1-8-7-15-13(19)18(8)10-4-2-3-9(5-10)11-6-12(14)17-16-11/h2-7H,1H3,(H,15,19)(H3,14,16,17). The summed E-state index contributed by atoms with van der Waals surface area (Å²) in [5, 5.41) is 6.75. The van der Waals surface area contributed by atoms with Crippen LogP contribution in [-0.4, -0.2) is 19.7 Å². The monoisotopic (exact) mass is 255 g/mol. The second-order valence-corrected chi connectivity index (χ2v) is 4.33. The van der Waals surface area contributed by atoms with E-state index in [4.69, 9.17) is 5.73 Å². The third kappa shape index (κ3) is 1.93.